The van der Waals surface area contributed by atoms with Gasteiger partial charge in [0.05, 0.1) is 5.75 Å². The second-order valence-electron chi connectivity index (χ2n) is 5.71. The van der Waals surface area contributed by atoms with Crippen molar-refractivity contribution in [1.29, 1.82) is 0 Å². The number of aryl methyl sites for hydroxylation is 1. The fourth-order valence-electron chi connectivity index (χ4n) is 2.71. The monoisotopic (exact) mass is 354 g/mol. The Labute approximate surface area is 150 Å². The highest BCUT2D eigenvalue weighted by Crippen LogP contribution is 2.21. The Kier molecular flexibility index (Phi) is 5.19. The van der Waals surface area contributed by atoms with E-state index >= 15 is 0 Å². The molecule has 5 nitrogen and oxygen atoms in total. The third-order valence-electron chi connectivity index (χ3n) is 4.08. The van der Waals surface area contributed by atoms with Crippen LogP contribution in [0.25, 0.3) is 0 Å². The lowest BCUT2D eigenvalue weighted by Crippen LogP contribution is -2.40. The zero-order valence-electron chi connectivity index (χ0n) is 13.8. The Balaban J connectivity index is 1.86. The molecule has 1 fully saturated rings. The number of hydrogen-bond acceptors (Lipinski definition) is 4. The van der Waals surface area contributed by atoms with Crippen molar-refractivity contribution in [3.05, 3.63) is 65.7 Å². The van der Waals surface area contributed by atoms with E-state index in [1.54, 1.807) is 11.0 Å². The number of imide groups is 1. The molecular formula is C19H18N2O3S. The summed E-state index contributed by atoms with van der Waals surface area (Å²) in [7, 11) is 0. The Morgan fingerprint density at radius 1 is 1.08 bits per heavy atom. The molecule has 0 unspecified atom stereocenters. The topological polar surface area (TPSA) is 57.7 Å². The summed E-state index contributed by atoms with van der Waals surface area (Å²) >= 11 is 1.00. The molecule has 0 bridgehead atoms. The summed E-state index contributed by atoms with van der Waals surface area (Å²) in [5.74, 6) is -0.169. The summed E-state index contributed by atoms with van der Waals surface area (Å²) in [5, 5.41) is -0.249. The number of amides is 3. The van der Waals surface area contributed by atoms with E-state index in [1.165, 1.54) is 4.90 Å². The van der Waals surface area contributed by atoms with E-state index in [4.69, 9.17) is 0 Å². The van der Waals surface area contributed by atoms with Gasteiger partial charge in [0, 0.05) is 24.3 Å². The molecule has 128 valence electrons. The predicted octanol–water partition coefficient (Wildman–Crippen LogP) is 3.34. The number of thioether (sulfide) groups is 1. The molecule has 2 aromatic carbocycles. The van der Waals surface area contributed by atoms with Crippen molar-refractivity contribution in [3.8, 4) is 0 Å². The molecule has 25 heavy (non-hydrogen) atoms. The maximum Gasteiger partial charge on any atom is 0.288 e. The summed E-state index contributed by atoms with van der Waals surface area (Å²) < 4.78 is 0. The number of carbonyl (C=O) groups excluding carboxylic acids is 3. The Morgan fingerprint density at radius 2 is 1.76 bits per heavy atom. The molecule has 1 aliphatic rings. The van der Waals surface area contributed by atoms with Crippen molar-refractivity contribution < 1.29 is 14.4 Å². The van der Waals surface area contributed by atoms with E-state index in [0.717, 1.165) is 23.0 Å². The molecule has 6 heteroatoms. The number of rotatable bonds is 5. The number of para-hydroxylation sites is 1. The maximum atomic E-state index is 13.1. The Morgan fingerprint density at radius 3 is 2.40 bits per heavy atom. The van der Waals surface area contributed by atoms with Gasteiger partial charge in [-0.15, -0.1) is 0 Å². The van der Waals surface area contributed by atoms with Gasteiger partial charge in [-0.05, 0) is 30.7 Å². The van der Waals surface area contributed by atoms with Crippen LogP contribution in [0.1, 0.15) is 15.9 Å². The van der Waals surface area contributed by atoms with Crippen LogP contribution >= 0.6 is 11.8 Å². The molecule has 2 aromatic rings. The van der Waals surface area contributed by atoms with Gasteiger partial charge in [-0.2, -0.15) is 0 Å². The first-order valence-electron chi connectivity index (χ1n) is 7.97. The van der Waals surface area contributed by atoms with Crippen molar-refractivity contribution in [2.75, 3.05) is 23.7 Å². The van der Waals surface area contributed by atoms with E-state index < -0.39 is 0 Å². The van der Waals surface area contributed by atoms with Gasteiger partial charge >= 0.3 is 0 Å². The zero-order chi connectivity index (χ0) is 17.8. The smallest absolute Gasteiger partial charge is 0.288 e. The van der Waals surface area contributed by atoms with Crippen LogP contribution in [0.5, 0.6) is 0 Å². The molecule has 0 N–H and O–H groups in total. The number of benzene rings is 2. The quantitative estimate of drug-likeness (QED) is 0.826. The minimum absolute atomic E-state index is 0.143. The number of hydrogen-bond donors (Lipinski definition) is 0. The summed E-state index contributed by atoms with van der Waals surface area (Å²) in [6.45, 7) is 2.34. The maximum absolute atomic E-state index is 13.1. The molecule has 3 amide bonds. The van der Waals surface area contributed by atoms with Crippen LogP contribution in [0.2, 0.25) is 0 Å². The lowest BCUT2D eigenvalue weighted by atomic mass is 10.1. The Bertz CT molecular complexity index is 791. The molecule has 1 aliphatic heterocycles. The molecular weight excluding hydrogens is 336 g/mol. The van der Waals surface area contributed by atoms with Gasteiger partial charge in [0.2, 0.25) is 5.91 Å². The second kappa shape index (κ2) is 7.53. The van der Waals surface area contributed by atoms with E-state index in [0.29, 0.717) is 5.56 Å². The molecule has 1 heterocycles. The average molecular weight is 354 g/mol. The molecule has 0 spiro atoms. The van der Waals surface area contributed by atoms with Gasteiger partial charge in [-0.1, -0.05) is 48.2 Å². The third-order valence-corrected chi connectivity index (χ3v) is 4.93. The van der Waals surface area contributed by atoms with Gasteiger partial charge in [-0.25, -0.2) is 0 Å². The highest BCUT2D eigenvalue weighted by molar-refractivity contribution is 8.14. The number of nitrogens with zero attached hydrogens (tertiary/aromatic N) is 2. The third kappa shape index (κ3) is 3.74. The van der Waals surface area contributed by atoms with E-state index in [-0.39, 0.29) is 35.9 Å². The summed E-state index contributed by atoms with van der Waals surface area (Å²) in [6, 6.07) is 16.7. The fourth-order valence-corrected chi connectivity index (χ4v) is 3.46. The molecule has 0 aromatic heterocycles. The van der Waals surface area contributed by atoms with Crippen LogP contribution in [-0.4, -0.2) is 40.8 Å². The molecule has 0 aliphatic carbocycles. The second-order valence-corrected chi connectivity index (χ2v) is 6.63. The lowest BCUT2D eigenvalue weighted by molar-refractivity contribution is -0.124. The van der Waals surface area contributed by atoms with E-state index in [9.17, 15) is 14.4 Å². The van der Waals surface area contributed by atoms with Crippen molar-refractivity contribution in [2.45, 2.75) is 6.92 Å². The van der Waals surface area contributed by atoms with E-state index in [2.05, 4.69) is 0 Å². The van der Waals surface area contributed by atoms with Crippen LogP contribution in [-0.2, 0) is 4.79 Å². The van der Waals surface area contributed by atoms with Gasteiger partial charge in [0.25, 0.3) is 11.1 Å². The molecule has 1 saturated heterocycles. The first kappa shape index (κ1) is 17.2. The normalized spacial score (nSPS) is 14.0. The van der Waals surface area contributed by atoms with Crippen LogP contribution in [0.4, 0.5) is 10.5 Å². The van der Waals surface area contributed by atoms with Crippen LogP contribution in [0.3, 0.4) is 0 Å². The van der Waals surface area contributed by atoms with Gasteiger partial charge in [0.1, 0.15) is 0 Å². The summed E-state index contributed by atoms with van der Waals surface area (Å²) in [4.78, 5) is 39.5. The standard InChI is InChI=1S/C19H18N2O3S/c1-14-7-5-6-10-16(14)18(23)20(15-8-3-2-4-9-15)11-12-21-17(22)13-25-19(21)24/h2-10H,11-13H2,1H3. The highest BCUT2D eigenvalue weighted by atomic mass is 32.2. The van der Waals surface area contributed by atoms with Crippen molar-refractivity contribution in [1.82, 2.24) is 4.90 Å². The SMILES string of the molecule is Cc1ccccc1C(=O)N(CCN1C(=O)CSC1=O)c1ccccc1. The van der Waals surface area contributed by atoms with Gasteiger partial charge in [0.15, 0.2) is 0 Å². The molecule has 0 saturated carbocycles. The summed E-state index contributed by atoms with van der Waals surface area (Å²) in [6.07, 6.45) is 0. The predicted molar refractivity (Wildman–Crippen MR) is 98.9 cm³/mol. The van der Waals surface area contributed by atoms with Crippen molar-refractivity contribution >= 4 is 34.5 Å². The van der Waals surface area contributed by atoms with Gasteiger partial charge in [-0.3, -0.25) is 19.3 Å². The molecule has 0 atom stereocenters. The zero-order valence-corrected chi connectivity index (χ0v) is 14.7. The summed E-state index contributed by atoms with van der Waals surface area (Å²) in [5.41, 5.74) is 2.24. The first-order chi connectivity index (χ1) is 12.1. The van der Waals surface area contributed by atoms with Crippen molar-refractivity contribution in [3.63, 3.8) is 0 Å². The molecule has 0 radical (unpaired) electrons. The first-order valence-corrected chi connectivity index (χ1v) is 8.96. The highest BCUT2D eigenvalue weighted by Gasteiger charge is 2.30. The minimum Gasteiger partial charge on any atom is -0.307 e. The molecule has 3 rings (SSSR count). The van der Waals surface area contributed by atoms with Crippen LogP contribution in [0.15, 0.2) is 54.6 Å². The number of carbonyl (C=O) groups is 3. The minimum atomic E-state index is -0.249. The van der Waals surface area contributed by atoms with Crippen molar-refractivity contribution in [2.24, 2.45) is 0 Å². The average Bonchev–Trinajstić information content (AvgIpc) is 2.95. The van der Waals surface area contributed by atoms with E-state index in [1.807, 2.05) is 55.5 Å². The van der Waals surface area contributed by atoms with Crippen LogP contribution < -0.4 is 4.90 Å². The van der Waals surface area contributed by atoms with Gasteiger partial charge < -0.3 is 4.90 Å². The fraction of sp³-hybridized carbons (Fsp3) is 0.211. The number of anilines is 1. The van der Waals surface area contributed by atoms with Crippen LogP contribution in [0, 0.1) is 6.92 Å². The largest absolute Gasteiger partial charge is 0.307 e. The Hall–Kier alpha value is -2.60. The lowest BCUT2D eigenvalue weighted by Gasteiger charge is -2.25.